The first-order valence-electron chi connectivity index (χ1n) is 7.10. The van der Waals surface area contributed by atoms with E-state index < -0.39 is 23.1 Å². The van der Waals surface area contributed by atoms with Crippen LogP contribution < -0.4 is 10.1 Å². The summed E-state index contributed by atoms with van der Waals surface area (Å²) in [6, 6.07) is 3.43. The second-order valence-corrected chi connectivity index (χ2v) is 5.83. The van der Waals surface area contributed by atoms with Crippen LogP contribution in [0.5, 0.6) is 5.75 Å². The molecule has 2 fully saturated rings. The molecule has 1 aromatic rings. The average Bonchev–Trinajstić information content (AvgIpc) is 3.31. The molecule has 0 saturated heterocycles. The zero-order valence-electron chi connectivity index (χ0n) is 11.4. The largest absolute Gasteiger partial charge is 0.491 e. The van der Waals surface area contributed by atoms with Crippen LogP contribution in [0.3, 0.4) is 0 Å². The number of aliphatic carboxylic acids is 1. The maximum Gasteiger partial charge on any atom is 0.327 e. The van der Waals surface area contributed by atoms with E-state index in [4.69, 9.17) is 4.74 Å². The molecular weight excluding hydrogens is 280 g/mol. The Morgan fingerprint density at radius 3 is 2.52 bits per heavy atom. The van der Waals surface area contributed by atoms with Crippen LogP contribution in [0.1, 0.15) is 25.7 Å². The molecular formula is C15H17F2NO3. The van der Waals surface area contributed by atoms with Gasteiger partial charge in [0.25, 0.3) is 0 Å². The number of halogens is 2. The maximum absolute atomic E-state index is 13.2. The first-order chi connectivity index (χ1) is 10.0. The lowest BCUT2D eigenvalue weighted by Gasteiger charge is -2.30. The van der Waals surface area contributed by atoms with E-state index in [1.54, 1.807) is 0 Å². The van der Waals surface area contributed by atoms with Gasteiger partial charge in [-0.1, -0.05) is 0 Å². The van der Waals surface area contributed by atoms with Gasteiger partial charge in [0, 0.05) is 12.1 Å². The molecule has 0 heterocycles. The highest BCUT2D eigenvalue weighted by molar-refractivity contribution is 5.80. The molecule has 2 aliphatic rings. The minimum atomic E-state index is -1.13. The Balaban J connectivity index is 1.74. The number of carboxylic acids is 1. The molecule has 1 unspecified atom stereocenters. The molecule has 0 bridgehead atoms. The van der Waals surface area contributed by atoms with Gasteiger partial charge in [-0.2, -0.15) is 0 Å². The summed E-state index contributed by atoms with van der Waals surface area (Å²) in [5.74, 6) is -2.74. The van der Waals surface area contributed by atoms with Crippen LogP contribution in [0.25, 0.3) is 0 Å². The SMILES string of the molecule is O=C(O)C(COc1ccc(F)c(F)c1)(NC1CC1)C1CC1. The summed E-state index contributed by atoms with van der Waals surface area (Å²) in [6.45, 7) is -0.0887. The third kappa shape index (κ3) is 3.00. The van der Waals surface area contributed by atoms with Gasteiger partial charge in [0.1, 0.15) is 12.4 Å². The van der Waals surface area contributed by atoms with Crippen LogP contribution in [0, 0.1) is 17.6 Å². The van der Waals surface area contributed by atoms with E-state index in [2.05, 4.69) is 5.32 Å². The zero-order valence-corrected chi connectivity index (χ0v) is 11.4. The van der Waals surface area contributed by atoms with Crippen molar-refractivity contribution < 1.29 is 23.4 Å². The molecule has 2 N–H and O–H groups in total. The molecule has 2 aliphatic carbocycles. The lowest BCUT2D eigenvalue weighted by atomic mass is 9.94. The van der Waals surface area contributed by atoms with Gasteiger partial charge in [-0.3, -0.25) is 10.1 Å². The van der Waals surface area contributed by atoms with E-state index >= 15 is 0 Å². The molecule has 114 valence electrons. The van der Waals surface area contributed by atoms with Gasteiger partial charge >= 0.3 is 5.97 Å². The number of nitrogens with one attached hydrogen (secondary N) is 1. The van der Waals surface area contributed by atoms with E-state index in [1.807, 2.05) is 0 Å². The molecule has 6 heteroatoms. The van der Waals surface area contributed by atoms with Crippen molar-refractivity contribution in [1.29, 1.82) is 0 Å². The van der Waals surface area contributed by atoms with Gasteiger partial charge in [-0.25, -0.2) is 8.78 Å². The van der Waals surface area contributed by atoms with Crippen molar-refractivity contribution in [2.24, 2.45) is 5.92 Å². The lowest BCUT2D eigenvalue weighted by molar-refractivity contribution is -0.147. The summed E-state index contributed by atoms with van der Waals surface area (Å²) in [5, 5.41) is 12.8. The molecule has 0 aliphatic heterocycles. The fourth-order valence-electron chi connectivity index (χ4n) is 2.51. The molecule has 0 spiro atoms. The monoisotopic (exact) mass is 297 g/mol. The van der Waals surface area contributed by atoms with Crippen LogP contribution in [-0.2, 0) is 4.79 Å². The second-order valence-electron chi connectivity index (χ2n) is 5.83. The summed E-state index contributed by atoms with van der Waals surface area (Å²) in [4.78, 5) is 11.7. The summed E-state index contributed by atoms with van der Waals surface area (Å²) >= 11 is 0. The standard InChI is InChI=1S/C15H17F2NO3/c16-12-6-5-11(7-13(12)17)21-8-15(14(19)20,9-1-2-9)18-10-3-4-10/h5-7,9-10,18H,1-4,8H2,(H,19,20). The van der Waals surface area contributed by atoms with Crippen LogP contribution >= 0.6 is 0 Å². The minimum absolute atomic E-state index is 0.0286. The smallest absolute Gasteiger partial charge is 0.327 e. The fraction of sp³-hybridized carbons (Fsp3) is 0.533. The predicted molar refractivity (Wildman–Crippen MR) is 71.1 cm³/mol. The normalized spacial score (nSPS) is 20.9. The fourth-order valence-corrected chi connectivity index (χ4v) is 2.51. The first-order valence-corrected chi connectivity index (χ1v) is 7.10. The van der Waals surface area contributed by atoms with Crippen LogP contribution in [-0.4, -0.2) is 29.3 Å². The summed E-state index contributed by atoms with van der Waals surface area (Å²) in [6.07, 6.45) is 3.61. The number of benzene rings is 1. The third-order valence-electron chi connectivity index (χ3n) is 4.05. The number of carboxylic acid groups (broad SMARTS) is 1. The Kier molecular flexibility index (Phi) is 3.57. The third-order valence-corrected chi connectivity index (χ3v) is 4.05. The van der Waals surface area contributed by atoms with Crippen molar-refractivity contribution in [2.75, 3.05) is 6.61 Å². The maximum atomic E-state index is 13.2. The van der Waals surface area contributed by atoms with E-state index in [-0.39, 0.29) is 24.3 Å². The topological polar surface area (TPSA) is 58.6 Å². The van der Waals surface area contributed by atoms with E-state index in [1.165, 1.54) is 6.07 Å². The molecule has 4 nitrogen and oxygen atoms in total. The van der Waals surface area contributed by atoms with Crippen molar-refractivity contribution in [1.82, 2.24) is 5.32 Å². The van der Waals surface area contributed by atoms with Gasteiger partial charge in [-0.05, 0) is 43.7 Å². The summed E-state index contributed by atoms with van der Waals surface area (Å²) in [7, 11) is 0. The lowest BCUT2D eigenvalue weighted by Crippen LogP contribution is -2.59. The Labute approximate surface area is 121 Å². The van der Waals surface area contributed by atoms with Crippen LogP contribution in [0.2, 0.25) is 0 Å². The number of ether oxygens (including phenoxy) is 1. The first kappa shape index (κ1) is 14.3. The highest BCUT2D eigenvalue weighted by Crippen LogP contribution is 2.42. The zero-order chi connectivity index (χ0) is 15.0. The molecule has 3 rings (SSSR count). The molecule has 0 aromatic heterocycles. The predicted octanol–water partition coefficient (Wildman–Crippen LogP) is 2.33. The molecule has 21 heavy (non-hydrogen) atoms. The van der Waals surface area contributed by atoms with Crippen molar-refractivity contribution in [2.45, 2.75) is 37.3 Å². The number of hydrogen-bond acceptors (Lipinski definition) is 3. The molecule has 2 saturated carbocycles. The van der Waals surface area contributed by atoms with Crippen molar-refractivity contribution in [3.63, 3.8) is 0 Å². The van der Waals surface area contributed by atoms with Gasteiger partial charge in [0.15, 0.2) is 17.2 Å². The van der Waals surface area contributed by atoms with Gasteiger partial charge < -0.3 is 9.84 Å². The molecule has 1 atom stereocenters. The van der Waals surface area contributed by atoms with Gasteiger partial charge in [0.2, 0.25) is 0 Å². The Bertz CT molecular complexity index is 558. The number of hydrogen-bond donors (Lipinski definition) is 2. The highest BCUT2D eigenvalue weighted by Gasteiger charge is 2.54. The molecule has 0 amide bonds. The van der Waals surface area contributed by atoms with E-state index in [0.29, 0.717) is 0 Å². The number of carbonyl (C=O) groups is 1. The van der Waals surface area contributed by atoms with Crippen molar-refractivity contribution in [3.8, 4) is 5.75 Å². The average molecular weight is 297 g/mol. The van der Waals surface area contributed by atoms with Crippen molar-refractivity contribution >= 4 is 5.97 Å². The Morgan fingerprint density at radius 1 is 1.29 bits per heavy atom. The minimum Gasteiger partial charge on any atom is -0.491 e. The van der Waals surface area contributed by atoms with E-state index in [0.717, 1.165) is 37.8 Å². The van der Waals surface area contributed by atoms with Crippen LogP contribution in [0.15, 0.2) is 18.2 Å². The highest BCUT2D eigenvalue weighted by atomic mass is 19.2. The van der Waals surface area contributed by atoms with Crippen molar-refractivity contribution in [3.05, 3.63) is 29.8 Å². The second kappa shape index (κ2) is 5.26. The molecule has 1 aromatic carbocycles. The Morgan fingerprint density at radius 2 is 2.00 bits per heavy atom. The van der Waals surface area contributed by atoms with E-state index in [9.17, 15) is 18.7 Å². The quantitative estimate of drug-likeness (QED) is 0.811. The number of rotatable bonds is 7. The summed E-state index contributed by atoms with van der Waals surface area (Å²) < 4.78 is 31.5. The Hall–Kier alpha value is -1.69. The van der Waals surface area contributed by atoms with Gasteiger partial charge in [-0.15, -0.1) is 0 Å². The molecule has 0 radical (unpaired) electrons. The summed E-state index contributed by atoms with van der Waals surface area (Å²) in [5.41, 5.74) is -1.13. The van der Waals surface area contributed by atoms with Gasteiger partial charge in [0.05, 0.1) is 0 Å². The van der Waals surface area contributed by atoms with Crippen LogP contribution in [0.4, 0.5) is 8.78 Å².